The van der Waals surface area contributed by atoms with Gasteiger partial charge in [0, 0.05) is 16.0 Å². The smallest absolute Gasteiger partial charge is 0.222 e. The first-order valence-electron chi connectivity index (χ1n) is 7.63. The molecule has 1 heterocycles. The van der Waals surface area contributed by atoms with E-state index in [1.807, 2.05) is 23.9 Å². The van der Waals surface area contributed by atoms with Crippen molar-refractivity contribution in [3.05, 3.63) is 66.2 Å². The van der Waals surface area contributed by atoms with Crippen LogP contribution in [-0.2, 0) is 5.75 Å². The Morgan fingerprint density at radius 3 is 2.58 bits per heavy atom. The molecule has 0 saturated heterocycles. The maximum Gasteiger partial charge on any atom is 0.222 e. The van der Waals surface area contributed by atoms with Crippen molar-refractivity contribution in [3.8, 4) is 0 Å². The van der Waals surface area contributed by atoms with E-state index in [9.17, 15) is 0 Å². The molecule has 0 atom stereocenters. The number of nitrogen functional groups attached to an aromatic ring is 2. The molecule has 1 aromatic heterocycles. The van der Waals surface area contributed by atoms with E-state index in [1.54, 1.807) is 0 Å². The molecule has 0 spiro atoms. The zero-order valence-corrected chi connectivity index (χ0v) is 13.8. The van der Waals surface area contributed by atoms with Crippen LogP contribution in [0.4, 0.5) is 11.8 Å². The lowest BCUT2D eigenvalue weighted by Crippen LogP contribution is -2.00. The molecule has 4 nitrogen and oxygen atoms in total. The molecule has 0 bridgehead atoms. The molecule has 24 heavy (non-hydrogen) atoms. The fraction of sp³-hybridized carbons (Fsp3) is 0.0526. The number of rotatable bonds is 3. The van der Waals surface area contributed by atoms with Crippen molar-refractivity contribution in [2.45, 2.75) is 10.6 Å². The monoisotopic (exact) mass is 332 g/mol. The van der Waals surface area contributed by atoms with Gasteiger partial charge in [-0.1, -0.05) is 42.5 Å². The molecule has 0 aliphatic rings. The minimum Gasteiger partial charge on any atom is -0.383 e. The predicted octanol–water partition coefficient (Wildman–Crippen LogP) is 4.24. The zero-order valence-electron chi connectivity index (χ0n) is 12.9. The summed E-state index contributed by atoms with van der Waals surface area (Å²) in [5.74, 6) is 1.49. The van der Waals surface area contributed by atoms with Crippen molar-refractivity contribution in [3.63, 3.8) is 0 Å². The van der Waals surface area contributed by atoms with Gasteiger partial charge < -0.3 is 11.5 Å². The van der Waals surface area contributed by atoms with Crippen molar-refractivity contribution in [1.82, 2.24) is 9.97 Å². The molecule has 4 aromatic rings. The van der Waals surface area contributed by atoms with E-state index < -0.39 is 0 Å². The van der Waals surface area contributed by atoms with Gasteiger partial charge in [-0.05, 0) is 34.5 Å². The molecule has 0 fully saturated rings. The zero-order chi connectivity index (χ0) is 16.5. The Kier molecular flexibility index (Phi) is 3.70. The molecular weight excluding hydrogens is 316 g/mol. The normalized spacial score (nSPS) is 11.2. The second kappa shape index (κ2) is 6.02. The molecule has 4 rings (SSSR count). The van der Waals surface area contributed by atoms with Gasteiger partial charge in [-0.15, -0.1) is 11.8 Å². The Hall–Kier alpha value is -2.79. The number of hydrogen-bond acceptors (Lipinski definition) is 5. The lowest BCUT2D eigenvalue weighted by atomic mass is 10.1. The Balaban J connectivity index is 1.65. The highest BCUT2D eigenvalue weighted by atomic mass is 32.2. The summed E-state index contributed by atoms with van der Waals surface area (Å²) >= 11 is 1.81. The number of fused-ring (bicyclic) bond motifs is 2. The maximum absolute atomic E-state index is 5.97. The number of hydrogen-bond donors (Lipinski definition) is 2. The van der Waals surface area contributed by atoms with E-state index in [-0.39, 0.29) is 5.95 Å². The van der Waals surface area contributed by atoms with Crippen LogP contribution >= 0.6 is 11.8 Å². The predicted molar refractivity (Wildman–Crippen MR) is 102 cm³/mol. The first-order valence-corrected chi connectivity index (χ1v) is 8.61. The molecule has 3 aromatic carbocycles. The van der Waals surface area contributed by atoms with Crippen LogP contribution < -0.4 is 11.5 Å². The van der Waals surface area contributed by atoms with Gasteiger partial charge in [0.05, 0.1) is 5.52 Å². The second-order valence-electron chi connectivity index (χ2n) is 5.58. The van der Waals surface area contributed by atoms with Gasteiger partial charge in [0.25, 0.3) is 0 Å². The summed E-state index contributed by atoms with van der Waals surface area (Å²) < 4.78 is 0. The average molecular weight is 332 g/mol. The number of nitrogens with two attached hydrogens (primary N) is 2. The van der Waals surface area contributed by atoms with Gasteiger partial charge in [-0.2, -0.15) is 4.98 Å². The second-order valence-corrected chi connectivity index (χ2v) is 6.60. The van der Waals surface area contributed by atoms with E-state index in [4.69, 9.17) is 11.5 Å². The van der Waals surface area contributed by atoms with Crippen LogP contribution in [0.25, 0.3) is 21.7 Å². The number of anilines is 2. The maximum atomic E-state index is 5.97. The van der Waals surface area contributed by atoms with Crippen LogP contribution in [0.1, 0.15) is 5.56 Å². The average Bonchev–Trinajstić information content (AvgIpc) is 2.60. The molecule has 4 N–H and O–H groups in total. The molecule has 118 valence electrons. The minimum atomic E-state index is 0.206. The highest BCUT2D eigenvalue weighted by Gasteiger charge is 2.06. The fourth-order valence-electron chi connectivity index (χ4n) is 2.79. The SMILES string of the molecule is Nc1nc(N)c2cc(CSc3cccc4ccccc34)ccc2n1. The summed E-state index contributed by atoms with van der Waals surface area (Å²) in [6.45, 7) is 0. The molecule has 5 heteroatoms. The molecule has 0 aliphatic heterocycles. The molecule has 0 radical (unpaired) electrons. The topological polar surface area (TPSA) is 77.8 Å². The summed E-state index contributed by atoms with van der Waals surface area (Å²) in [4.78, 5) is 9.53. The fourth-order valence-corrected chi connectivity index (χ4v) is 3.81. The highest BCUT2D eigenvalue weighted by Crippen LogP contribution is 2.31. The summed E-state index contributed by atoms with van der Waals surface area (Å²) in [5, 5.41) is 3.38. The third-order valence-corrected chi connectivity index (χ3v) is 5.10. The number of thioether (sulfide) groups is 1. The largest absolute Gasteiger partial charge is 0.383 e. The quantitative estimate of drug-likeness (QED) is 0.549. The van der Waals surface area contributed by atoms with Crippen molar-refractivity contribution in [1.29, 1.82) is 0 Å². The van der Waals surface area contributed by atoms with Crippen LogP contribution in [0.3, 0.4) is 0 Å². The van der Waals surface area contributed by atoms with Gasteiger partial charge in [0.15, 0.2) is 0 Å². The van der Waals surface area contributed by atoms with Crippen molar-refractivity contribution in [2.24, 2.45) is 0 Å². The van der Waals surface area contributed by atoms with Gasteiger partial charge in [0.1, 0.15) is 5.82 Å². The van der Waals surface area contributed by atoms with E-state index >= 15 is 0 Å². The van der Waals surface area contributed by atoms with Crippen molar-refractivity contribution < 1.29 is 0 Å². The minimum absolute atomic E-state index is 0.206. The van der Waals surface area contributed by atoms with E-state index in [1.165, 1.54) is 21.2 Å². The summed E-state index contributed by atoms with van der Waals surface area (Å²) in [5.41, 5.74) is 13.6. The van der Waals surface area contributed by atoms with Crippen LogP contribution in [-0.4, -0.2) is 9.97 Å². The molecule has 0 unspecified atom stereocenters. The molecule has 0 aliphatic carbocycles. The van der Waals surface area contributed by atoms with Gasteiger partial charge >= 0.3 is 0 Å². The third-order valence-electron chi connectivity index (χ3n) is 3.95. The Labute approximate surface area is 143 Å². The first-order chi connectivity index (χ1) is 11.7. The summed E-state index contributed by atoms with van der Waals surface area (Å²) in [6.07, 6.45) is 0. The first kappa shape index (κ1) is 14.8. The Morgan fingerprint density at radius 1 is 0.833 bits per heavy atom. The van der Waals surface area contributed by atoms with Crippen LogP contribution in [0.5, 0.6) is 0 Å². The lowest BCUT2D eigenvalue weighted by molar-refractivity contribution is 1.24. The number of aromatic nitrogens is 2. The van der Waals surface area contributed by atoms with Crippen molar-refractivity contribution in [2.75, 3.05) is 11.5 Å². The Bertz CT molecular complexity index is 1040. The van der Waals surface area contributed by atoms with Gasteiger partial charge in [-0.25, -0.2) is 4.98 Å². The van der Waals surface area contributed by atoms with Crippen LogP contribution in [0.2, 0.25) is 0 Å². The molecule has 0 amide bonds. The number of benzene rings is 3. The summed E-state index contributed by atoms with van der Waals surface area (Å²) in [7, 11) is 0. The Morgan fingerprint density at radius 2 is 1.67 bits per heavy atom. The standard InChI is InChI=1S/C19H16N4S/c20-18-15-10-12(8-9-16(15)22-19(21)23-18)11-24-17-7-3-5-13-4-1-2-6-14(13)17/h1-10H,11H2,(H4,20,21,22,23). The number of nitrogens with zero attached hydrogens (tertiary/aromatic N) is 2. The van der Waals surface area contributed by atoms with Gasteiger partial charge in [0.2, 0.25) is 5.95 Å². The van der Waals surface area contributed by atoms with Crippen LogP contribution in [0.15, 0.2) is 65.6 Å². The summed E-state index contributed by atoms with van der Waals surface area (Å²) in [6, 6.07) is 20.9. The molecule has 0 saturated carbocycles. The van der Waals surface area contributed by atoms with Gasteiger partial charge in [-0.3, -0.25) is 0 Å². The van der Waals surface area contributed by atoms with E-state index in [0.29, 0.717) is 5.82 Å². The van der Waals surface area contributed by atoms with Crippen LogP contribution in [0, 0.1) is 0 Å². The van der Waals surface area contributed by atoms with E-state index in [2.05, 4.69) is 58.5 Å². The third kappa shape index (κ3) is 2.74. The van der Waals surface area contributed by atoms with Crippen molar-refractivity contribution >= 4 is 45.2 Å². The lowest BCUT2D eigenvalue weighted by Gasteiger charge is -2.08. The van der Waals surface area contributed by atoms with E-state index in [0.717, 1.165) is 16.7 Å². The molecular formula is C19H16N4S. The highest BCUT2D eigenvalue weighted by molar-refractivity contribution is 7.98.